The van der Waals surface area contributed by atoms with E-state index in [2.05, 4.69) is 5.43 Å². The summed E-state index contributed by atoms with van der Waals surface area (Å²) in [6, 6.07) is 12.1. The van der Waals surface area contributed by atoms with Crippen molar-refractivity contribution in [3.63, 3.8) is 0 Å². The fourth-order valence-electron chi connectivity index (χ4n) is 4.27. The third kappa shape index (κ3) is 3.66. The van der Waals surface area contributed by atoms with Gasteiger partial charge in [0.15, 0.2) is 0 Å². The van der Waals surface area contributed by atoms with Crippen LogP contribution in [0.4, 0.5) is 5.69 Å². The Balaban J connectivity index is 1.61. The molecule has 0 radical (unpaired) electrons. The first-order valence-corrected chi connectivity index (χ1v) is 10.2. The summed E-state index contributed by atoms with van der Waals surface area (Å²) in [6.45, 7) is 3.89. The van der Waals surface area contributed by atoms with Gasteiger partial charge in [-0.25, -0.2) is 5.01 Å². The van der Waals surface area contributed by atoms with Crippen LogP contribution in [0.15, 0.2) is 59.0 Å². The van der Waals surface area contributed by atoms with Crippen molar-refractivity contribution >= 4 is 17.5 Å². The average molecular weight is 409 g/mol. The monoisotopic (exact) mass is 409 g/mol. The number of anilines is 1. The second kappa shape index (κ2) is 8.08. The second-order valence-electron chi connectivity index (χ2n) is 8.12. The molecule has 1 aromatic carbocycles. The van der Waals surface area contributed by atoms with Crippen molar-refractivity contribution in [2.24, 2.45) is 5.92 Å². The molecule has 7 nitrogen and oxygen atoms in total. The van der Waals surface area contributed by atoms with Crippen molar-refractivity contribution in [2.45, 2.75) is 44.4 Å². The standard InChI is InChI=1S/C23H27N3O4/c1-14(20-12-9-15(2)30-20)13-19(27)18-11-10-17-21(23(29)25(3)22(17)28)26(18)24-16-7-5-4-6-8-16/h4-12,14,17-19,21,24,27H,13H2,1-3H3. The van der Waals surface area contributed by atoms with Gasteiger partial charge in [0.1, 0.15) is 17.6 Å². The van der Waals surface area contributed by atoms with Crippen molar-refractivity contribution < 1.29 is 19.1 Å². The van der Waals surface area contributed by atoms with Crippen molar-refractivity contribution in [1.29, 1.82) is 0 Å². The quantitative estimate of drug-likeness (QED) is 0.564. The zero-order chi connectivity index (χ0) is 21.4. The molecule has 0 aliphatic carbocycles. The predicted molar refractivity (Wildman–Crippen MR) is 112 cm³/mol. The minimum atomic E-state index is -0.771. The molecule has 1 aromatic heterocycles. The van der Waals surface area contributed by atoms with Gasteiger partial charge in [0.25, 0.3) is 0 Å². The van der Waals surface area contributed by atoms with E-state index in [0.717, 1.165) is 17.2 Å². The number of fused-ring (bicyclic) bond motifs is 1. The SMILES string of the molecule is Cc1ccc(C(C)CC(O)C2C=CC3C(=O)N(C)C(=O)C3N2Nc2ccccc2)o1. The summed E-state index contributed by atoms with van der Waals surface area (Å²) in [5.41, 5.74) is 4.06. The first kappa shape index (κ1) is 20.4. The molecule has 3 heterocycles. The third-order valence-electron chi connectivity index (χ3n) is 5.94. The molecule has 2 aliphatic heterocycles. The molecule has 158 valence electrons. The number of furan rings is 1. The van der Waals surface area contributed by atoms with E-state index in [1.807, 2.05) is 62.4 Å². The molecule has 5 unspecified atom stereocenters. The average Bonchev–Trinajstić information content (AvgIpc) is 3.27. The number of nitrogens with one attached hydrogen (secondary N) is 1. The zero-order valence-corrected chi connectivity index (χ0v) is 17.4. The number of aryl methyl sites for hydroxylation is 1. The van der Waals surface area contributed by atoms with E-state index < -0.39 is 24.1 Å². The summed E-state index contributed by atoms with van der Waals surface area (Å²) in [5, 5.41) is 12.8. The predicted octanol–water partition coefficient (Wildman–Crippen LogP) is 2.69. The summed E-state index contributed by atoms with van der Waals surface area (Å²) in [6.07, 6.45) is 3.26. The lowest BCUT2D eigenvalue weighted by Crippen LogP contribution is -2.57. The number of aliphatic hydroxyl groups is 1. The lowest BCUT2D eigenvalue weighted by molar-refractivity contribution is -0.138. The fraction of sp³-hybridized carbons (Fsp3) is 0.391. The third-order valence-corrected chi connectivity index (χ3v) is 5.94. The van der Waals surface area contributed by atoms with Gasteiger partial charge in [-0.2, -0.15) is 0 Å². The highest BCUT2D eigenvalue weighted by atomic mass is 16.3. The normalized spacial score (nSPS) is 26.0. The minimum absolute atomic E-state index is 0.00184. The molecular weight excluding hydrogens is 382 g/mol. The number of hydrogen-bond acceptors (Lipinski definition) is 6. The maximum Gasteiger partial charge on any atom is 0.249 e. The number of likely N-dealkylation sites (N-methyl/N-ethyl adjacent to an activating group) is 1. The van der Waals surface area contributed by atoms with Gasteiger partial charge in [-0.3, -0.25) is 14.5 Å². The van der Waals surface area contributed by atoms with Crippen LogP contribution in [-0.4, -0.2) is 52.1 Å². The summed E-state index contributed by atoms with van der Waals surface area (Å²) in [7, 11) is 1.50. The van der Waals surface area contributed by atoms with Gasteiger partial charge < -0.3 is 14.9 Å². The largest absolute Gasteiger partial charge is 0.466 e. The summed E-state index contributed by atoms with van der Waals surface area (Å²) < 4.78 is 5.71. The highest BCUT2D eigenvalue weighted by molar-refractivity contribution is 6.08. The van der Waals surface area contributed by atoms with Gasteiger partial charge in [-0.15, -0.1) is 0 Å². The van der Waals surface area contributed by atoms with Gasteiger partial charge in [-0.05, 0) is 37.6 Å². The van der Waals surface area contributed by atoms with Crippen LogP contribution in [0.1, 0.15) is 30.8 Å². The summed E-state index contributed by atoms with van der Waals surface area (Å²) in [5.74, 6) is 0.586. The van der Waals surface area contributed by atoms with Crippen LogP contribution in [0.5, 0.6) is 0 Å². The Hall–Kier alpha value is -2.90. The molecule has 1 saturated heterocycles. The molecule has 2 aromatic rings. The number of likely N-dealkylation sites (tertiary alicyclic amines) is 1. The van der Waals surface area contributed by atoms with E-state index in [4.69, 9.17) is 4.42 Å². The number of benzene rings is 1. The van der Waals surface area contributed by atoms with Gasteiger partial charge in [-0.1, -0.05) is 37.3 Å². The van der Waals surface area contributed by atoms with Crippen molar-refractivity contribution in [2.75, 3.05) is 12.5 Å². The van der Waals surface area contributed by atoms with Crippen LogP contribution in [0.25, 0.3) is 0 Å². The molecule has 0 saturated carbocycles. The van der Waals surface area contributed by atoms with Crippen molar-refractivity contribution in [1.82, 2.24) is 9.91 Å². The molecule has 2 amide bonds. The highest BCUT2D eigenvalue weighted by Gasteiger charge is 2.52. The Morgan fingerprint density at radius 1 is 1.10 bits per heavy atom. The maximum atomic E-state index is 12.9. The molecule has 2 N–H and O–H groups in total. The zero-order valence-electron chi connectivity index (χ0n) is 17.4. The lowest BCUT2D eigenvalue weighted by Gasteiger charge is -2.41. The van der Waals surface area contributed by atoms with Gasteiger partial charge in [0, 0.05) is 18.7 Å². The van der Waals surface area contributed by atoms with Gasteiger partial charge in [0.05, 0.1) is 18.1 Å². The number of amides is 2. The van der Waals surface area contributed by atoms with Crippen LogP contribution in [-0.2, 0) is 9.59 Å². The van der Waals surface area contributed by atoms with Gasteiger partial charge >= 0.3 is 0 Å². The highest BCUT2D eigenvalue weighted by Crippen LogP contribution is 2.34. The molecule has 30 heavy (non-hydrogen) atoms. The maximum absolute atomic E-state index is 12.9. The van der Waals surface area contributed by atoms with E-state index in [0.29, 0.717) is 6.42 Å². The Morgan fingerprint density at radius 2 is 1.83 bits per heavy atom. The Labute approximate surface area is 175 Å². The molecule has 1 fully saturated rings. The van der Waals surface area contributed by atoms with Crippen molar-refractivity contribution in [3.8, 4) is 0 Å². The molecule has 0 spiro atoms. The lowest BCUT2D eigenvalue weighted by atomic mass is 9.89. The van der Waals surface area contributed by atoms with Crippen LogP contribution in [0.2, 0.25) is 0 Å². The molecular formula is C23H27N3O4. The Bertz CT molecular complexity index is 954. The number of nitrogens with zero attached hydrogens (tertiary/aromatic N) is 2. The first-order valence-electron chi connectivity index (χ1n) is 10.2. The minimum Gasteiger partial charge on any atom is -0.466 e. The number of rotatable bonds is 6. The smallest absolute Gasteiger partial charge is 0.249 e. The van der Waals surface area contributed by atoms with E-state index in [-0.39, 0.29) is 17.7 Å². The Kier molecular flexibility index (Phi) is 5.49. The Morgan fingerprint density at radius 3 is 2.50 bits per heavy atom. The fourth-order valence-corrected chi connectivity index (χ4v) is 4.27. The van der Waals surface area contributed by atoms with E-state index in [9.17, 15) is 14.7 Å². The van der Waals surface area contributed by atoms with Crippen LogP contribution in [0, 0.1) is 12.8 Å². The topological polar surface area (TPSA) is 86.0 Å². The molecule has 0 bridgehead atoms. The number of para-hydroxylation sites is 1. The number of aliphatic hydroxyl groups excluding tert-OH is 1. The summed E-state index contributed by atoms with van der Waals surface area (Å²) >= 11 is 0. The number of hydrazine groups is 1. The number of carbonyl (C=O) groups excluding carboxylic acids is 2. The first-order chi connectivity index (χ1) is 14.4. The van der Waals surface area contributed by atoms with Gasteiger partial charge in [0.2, 0.25) is 11.8 Å². The number of imide groups is 1. The molecule has 7 heteroatoms. The van der Waals surface area contributed by atoms with E-state index >= 15 is 0 Å². The van der Waals surface area contributed by atoms with E-state index in [1.165, 1.54) is 11.9 Å². The van der Waals surface area contributed by atoms with Crippen LogP contribution < -0.4 is 5.43 Å². The number of hydrogen-bond donors (Lipinski definition) is 2. The molecule has 2 aliphatic rings. The number of carbonyl (C=O) groups is 2. The van der Waals surface area contributed by atoms with Crippen LogP contribution in [0.3, 0.4) is 0 Å². The molecule has 5 atom stereocenters. The second-order valence-corrected chi connectivity index (χ2v) is 8.12. The van der Waals surface area contributed by atoms with Crippen molar-refractivity contribution in [3.05, 3.63) is 66.1 Å². The van der Waals surface area contributed by atoms with E-state index in [1.54, 1.807) is 11.1 Å². The molecule has 4 rings (SSSR count). The van der Waals surface area contributed by atoms with Crippen LogP contribution >= 0.6 is 0 Å². The summed E-state index contributed by atoms with van der Waals surface area (Å²) in [4.78, 5) is 26.5.